The van der Waals surface area contributed by atoms with Crippen LogP contribution in [-0.4, -0.2) is 41.3 Å². The molecule has 176 valence electrons. The molecule has 8 heteroatoms. The summed E-state index contributed by atoms with van der Waals surface area (Å²) in [6.07, 6.45) is 4.63. The second-order valence-electron chi connectivity index (χ2n) is 8.66. The molecule has 0 aliphatic carbocycles. The minimum atomic E-state index is -3.50. The van der Waals surface area contributed by atoms with Crippen molar-refractivity contribution in [3.63, 3.8) is 0 Å². The number of sulfonamides is 1. The molecule has 1 aliphatic rings. The van der Waals surface area contributed by atoms with Crippen LogP contribution in [0, 0.1) is 6.92 Å². The first-order valence-electron chi connectivity index (χ1n) is 11.7. The van der Waals surface area contributed by atoms with Crippen LogP contribution in [0.4, 0.5) is 5.69 Å². The number of aromatic nitrogens is 2. The molecule has 0 unspecified atom stereocenters. The number of nitrogens with zero attached hydrogens (tertiary/aromatic N) is 3. The number of amides is 1. The quantitative estimate of drug-likeness (QED) is 0.501. The number of aryl methyl sites for hydroxylation is 3. The average Bonchev–Trinajstić information content (AvgIpc) is 3.46. The first-order chi connectivity index (χ1) is 15.9. The van der Waals surface area contributed by atoms with Crippen molar-refractivity contribution >= 4 is 32.7 Å². The van der Waals surface area contributed by atoms with Gasteiger partial charge in [0.25, 0.3) is 0 Å². The normalized spacial score (nSPS) is 14.7. The lowest BCUT2D eigenvalue weighted by Gasteiger charge is -2.15. The van der Waals surface area contributed by atoms with E-state index in [0.29, 0.717) is 36.3 Å². The Balaban J connectivity index is 1.57. The zero-order chi connectivity index (χ0) is 23.4. The molecule has 7 nitrogen and oxygen atoms in total. The average molecular weight is 469 g/mol. The van der Waals surface area contributed by atoms with Crippen LogP contribution in [-0.2, 0) is 27.8 Å². The summed E-state index contributed by atoms with van der Waals surface area (Å²) in [5.41, 5.74) is 3.42. The maximum absolute atomic E-state index is 13.0. The molecule has 4 rings (SSSR count). The lowest BCUT2D eigenvalue weighted by atomic mass is 10.2. The van der Waals surface area contributed by atoms with Gasteiger partial charge in [-0.05, 0) is 56.0 Å². The summed E-state index contributed by atoms with van der Waals surface area (Å²) in [4.78, 5) is 17.6. The monoisotopic (exact) mass is 468 g/mol. The van der Waals surface area contributed by atoms with E-state index in [1.165, 1.54) is 0 Å². The number of benzene rings is 2. The summed E-state index contributed by atoms with van der Waals surface area (Å²) in [6.45, 7) is 6.04. The molecule has 0 saturated carbocycles. The molecule has 1 N–H and O–H groups in total. The molecule has 33 heavy (non-hydrogen) atoms. The Morgan fingerprint density at radius 1 is 1.12 bits per heavy atom. The van der Waals surface area contributed by atoms with Gasteiger partial charge in [-0.3, -0.25) is 4.79 Å². The maximum atomic E-state index is 13.0. The highest BCUT2D eigenvalue weighted by atomic mass is 32.2. The highest BCUT2D eigenvalue weighted by molar-refractivity contribution is 7.89. The van der Waals surface area contributed by atoms with Crippen LogP contribution in [0.1, 0.15) is 50.4 Å². The Morgan fingerprint density at radius 3 is 2.61 bits per heavy atom. The highest BCUT2D eigenvalue weighted by Crippen LogP contribution is 2.26. The fraction of sp³-hybridized carbons (Fsp3) is 0.440. The zero-order valence-electron chi connectivity index (χ0n) is 19.4. The number of carbonyl (C=O) groups excluding carboxylic acids is 1. The number of nitrogens with one attached hydrogen (secondary N) is 1. The fourth-order valence-electron chi connectivity index (χ4n) is 4.31. The SMILES string of the molecule is CCCCn1c(CCC(=O)Nc2ccccc2C)nc2cc(S(=O)(=O)N3CCCC3)ccc21. The molecule has 3 aromatic rings. The molecule has 1 amide bonds. The van der Waals surface area contributed by atoms with Gasteiger partial charge < -0.3 is 9.88 Å². The van der Waals surface area contributed by atoms with Crippen molar-refractivity contribution in [3.8, 4) is 0 Å². The summed E-state index contributed by atoms with van der Waals surface area (Å²) in [6, 6.07) is 12.9. The second kappa shape index (κ2) is 10.1. The fourth-order valence-corrected chi connectivity index (χ4v) is 5.84. The van der Waals surface area contributed by atoms with Crippen molar-refractivity contribution in [2.45, 2.75) is 63.8 Å². The van der Waals surface area contributed by atoms with Crippen LogP contribution in [0.5, 0.6) is 0 Å². The summed E-state index contributed by atoms with van der Waals surface area (Å²) in [5.74, 6) is 0.754. The van der Waals surface area contributed by atoms with Crippen molar-refractivity contribution < 1.29 is 13.2 Å². The standard InChI is InChI=1S/C25H32N4O3S/c1-3-4-17-29-23-12-11-20(33(31,32)28-15-7-8-16-28)18-22(23)26-24(29)13-14-25(30)27-21-10-6-5-9-19(21)2/h5-6,9-12,18H,3-4,7-8,13-17H2,1-2H3,(H,27,30). The van der Waals surface area contributed by atoms with Crippen molar-refractivity contribution in [1.29, 1.82) is 0 Å². The van der Waals surface area contributed by atoms with E-state index in [1.54, 1.807) is 16.4 Å². The lowest BCUT2D eigenvalue weighted by Crippen LogP contribution is -2.27. The van der Waals surface area contributed by atoms with E-state index in [-0.39, 0.29) is 5.91 Å². The van der Waals surface area contributed by atoms with Crippen LogP contribution in [0.15, 0.2) is 47.4 Å². The predicted octanol–water partition coefficient (Wildman–Crippen LogP) is 4.50. The van der Waals surface area contributed by atoms with Crippen molar-refractivity contribution in [1.82, 2.24) is 13.9 Å². The molecule has 1 aliphatic heterocycles. The third-order valence-electron chi connectivity index (χ3n) is 6.23. The number of hydrogen-bond donors (Lipinski definition) is 1. The number of fused-ring (bicyclic) bond motifs is 1. The Morgan fingerprint density at radius 2 is 1.88 bits per heavy atom. The number of para-hydroxylation sites is 1. The molecule has 0 bridgehead atoms. The Kier molecular flexibility index (Phi) is 7.14. The number of anilines is 1. The molecule has 2 heterocycles. The second-order valence-corrected chi connectivity index (χ2v) is 10.6. The van der Waals surface area contributed by atoms with Crippen LogP contribution < -0.4 is 5.32 Å². The van der Waals surface area contributed by atoms with E-state index in [1.807, 2.05) is 37.3 Å². The number of unbranched alkanes of at least 4 members (excludes halogenated alkanes) is 1. The minimum absolute atomic E-state index is 0.0595. The molecular formula is C25H32N4O3S. The number of carbonyl (C=O) groups is 1. The van der Waals surface area contributed by atoms with Gasteiger partial charge in [0.05, 0.1) is 15.9 Å². The summed E-state index contributed by atoms with van der Waals surface area (Å²) in [5, 5.41) is 2.98. The third kappa shape index (κ3) is 5.12. The smallest absolute Gasteiger partial charge is 0.243 e. The topological polar surface area (TPSA) is 84.3 Å². The van der Waals surface area contributed by atoms with Gasteiger partial charge in [0.15, 0.2) is 0 Å². The Hall–Kier alpha value is -2.71. The Labute approximate surface area is 195 Å². The minimum Gasteiger partial charge on any atom is -0.328 e. The first-order valence-corrected chi connectivity index (χ1v) is 13.2. The lowest BCUT2D eigenvalue weighted by molar-refractivity contribution is -0.116. The molecule has 1 fully saturated rings. The van der Waals surface area contributed by atoms with Crippen LogP contribution in [0.2, 0.25) is 0 Å². The van der Waals surface area contributed by atoms with Gasteiger partial charge in [-0.15, -0.1) is 0 Å². The highest BCUT2D eigenvalue weighted by Gasteiger charge is 2.28. The molecule has 0 spiro atoms. The number of imidazole rings is 1. The van der Waals surface area contributed by atoms with Crippen molar-refractivity contribution in [3.05, 3.63) is 53.9 Å². The van der Waals surface area contributed by atoms with E-state index >= 15 is 0 Å². The summed E-state index contributed by atoms with van der Waals surface area (Å²) in [7, 11) is -3.50. The van der Waals surface area contributed by atoms with Crippen molar-refractivity contribution in [2.24, 2.45) is 0 Å². The molecule has 1 saturated heterocycles. The van der Waals surface area contributed by atoms with Gasteiger partial charge in [-0.25, -0.2) is 13.4 Å². The van der Waals surface area contributed by atoms with Crippen LogP contribution in [0.25, 0.3) is 11.0 Å². The molecular weight excluding hydrogens is 436 g/mol. The predicted molar refractivity (Wildman–Crippen MR) is 131 cm³/mol. The van der Waals surface area contributed by atoms with Crippen LogP contribution in [0.3, 0.4) is 0 Å². The van der Waals surface area contributed by atoms with E-state index in [4.69, 9.17) is 4.98 Å². The summed E-state index contributed by atoms with van der Waals surface area (Å²) >= 11 is 0. The number of rotatable bonds is 9. The Bertz CT molecular complexity index is 1240. The summed E-state index contributed by atoms with van der Waals surface area (Å²) < 4.78 is 29.7. The van der Waals surface area contributed by atoms with E-state index in [2.05, 4.69) is 16.8 Å². The van der Waals surface area contributed by atoms with E-state index in [0.717, 1.165) is 54.8 Å². The largest absolute Gasteiger partial charge is 0.328 e. The van der Waals surface area contributed by atoms with E-state index in [9.17, 15) is 13.2 Å². The number of hydrogen-bond acceptors (Lipinski definition) is 4. The molecule has 1 aromatic heterocycles. The third-order valence-corrected chi connectivity index (χ3v) is 8.13. The van der Waals surface area contributed by atoms with Gasteiger partial charge in [0.1, 0.15) is 5.82 Å². The molecule has 0 radical (unpaired) electrons. The van der Waals surface area contributed by atoms with E-state index < -0.39 is 10.0 Å². The van der Waals surface area contributed by atoms with Gasteiger partial charge in [0, 0.05) is 38.2 Å². The molecule has 2 aromatic carbocycles. The van der Waals surface area contributed by atoms with Crippen molar-refractivity contribution in [2.75, 3.05) is 18.4 Å². The first kappa shape index (κ1) is 23.4. The zero-order valence-corrected chi connectivity index (χ0v) is 20.2. The molecule has 0 atom stereocenters. The maximum Gasteiger partial charge on any atom is 0.243 e. The van der Waals surface area contributed by atoms with Gasteiger partial charge >= 0.3 is 0 Å². The van der Waals surface area contributed by atoms with Gasteiger partial charge in [0.2, 0.25) is 15.9 Å². The van der Waals surface area contributed by atoms with Gasteiger partial charge in [-0.2, -0.15) is 4.31 Å². The van der Waals surface area contributed by atoms with Crippen LogP contribution >= 0.6 is 0 Å². The van der Waals surface area contributed by atoms with Gasteiger partial charge in [-0.1, -0.05) is 31.5 Å².